The Kier molecular flexibility index (Phi) is 7.16. The molecule has 0 saturated heterocycles. The van der Waals surface area contributed by atoms with Crippen molar-refractivity contribution in [3.05, 3.63) is 77.9 Å². The van der Waals surface area contributed by atoms with Gasteiger partial charge in [0.2, 0.25) is 0 Å². The number of carbonyl (C=O) groups is 1. The Morgan fingerprint density at radius 3 is 2.54 bits per heavy atom. The quantitative estimate of drug-likeness (QED) is 0.480. The first kappa shape index (κ1) is 24.4. The predicted octanol–water partition coefficient (Wildman–Crippen LogP) is 3.46. The molecule has 184 valence electrons. The number of hydrogen-bond donors (Lipinski definition) is 1. The van der Waals surface area contributed by atoms with Crippen LogP contribution >= 0.6 is 0 Å². The molecule has 0 bridgehead atoms. The van der Waals surface area contributed by atoms with Crippen LogP contribution in [0.4, 0.5) is 5.69 Å². The molecule has 0 aliphatic carbocycles. The number of hydrogen-bond acceptors (Lipinski definition) is 6. The number of sulfonamides is 1. The number of methoxy groups -OCH3 is 1. The molecular formula is C26H28N2O6S. The van der Waals surface area contributed by atoms with Crippen LogP contribution < -0.4 is 23.8 Å². The fourth-order valence-corrected chi connectivity index (χ4v) is 5.24. The van der Waals surface area contributed by atoms with Crippen molar-refractivity contribution >= 4 is 21.6 Å². The van der Waals surface area contributed by atoms with E-state index in [1.807, 2.05) is 44.2 Å². The summed E-state index contributed by atoms with van der Waals surface area (Å²) in [5, 5.41) is 2.78. The predicted molar refractivity (Wildman–Crippen MR) is 133 cm³/mol. The Hall–Kier alpha value is -3.72. The summed E-state index contributed by atoms with van der Waals surface area (Å²) in [6.07, 6.45) is -1.02. The monoisotopic (exact) mass is 496 g/mol. The van der Waals surface area contributed by atoms with E-state index >= 15 is 0 Å². The van der Waals surface area contributed by atoms with Crippen LogP contribution in [0.3, 0.4) is 0 Å². The number of benzene rings is 3. The Bertz CT molecular complexity index is 1310. The number of amides is 1. The van der Waals surface area contributed by atoms with Crippen molar-refractivity contribution in [2.24, 2.45) is 0 Å². The molecule has 1 aliphatic rings. The van der Waals surface area contributed by atoms with E-state index in [1.165, 1.54) is 23.5 Å². The maximum Gasteiger partial charge on any atom is 0.264 e. The summed E-state index contributed by atoms with van der Waals surface area (Å²) in [5.41, 5.74) is 2.27. The Balaban J connectivity index is 1.50. The Morgan fingerprint density at radius 1 is 1.09 bits per heavy atom. The molecule has 0 fully saturated rings. The van der Waals surface area contributed by atoms with Gasteiger partial charge in [-0.05, 0) is 67.4 Å². The van der Waals surface area contributed by atoms with Crippen LogP contribution in [0.15, 0.2) is 71.6 Å². The van der Waals surface area contributed by atoms with Crippen LogP contribution in [0.2, 0.25) is 0 Å². The summed E-state index contributed by atoms with van der Waals surface area (Å²) in [7, 11) is -2.44. The summed E-state index contributed by atoms with van der Waals surface area (Å²) in [4.78, 5) is 13.0. The fourth-order valence-electron chi connectivity index (χ4n) is 3.77. The van der Waals surface area contributed by atoms with Gasteiger partial charge in [0.1, 0.15) is 23.9 Å². The van der Waals surface area contributed by atoms with E-state index in [9.17, 15) is 13.2 Å². The fraction of sp³-hybridized carbons (Fsp3) is 0.269. The minimum absolute atomic E-state index is 0.0958. The van der Waals surface area contributed by atoms with E-state index in [2.05, 4.69) is 5.32 Å². The van der Waals surface area contributed by atoms with Gasteiger partial charge in [0.15, 0.2) is 6.10 Å². The molecule has 1 aliphatic heterocycles. The zero-order valence-electron chi connectivity index (χ0n) is 19.9. The zero-order chi connectivity index (χ0) is 25.0. The average molecular weight is 497 g/mol. The van der Waals surface area contributed by atoms with Gasteiger partial charge in [0.05, 0.1) is 30.8 Å². The molecule has 35 heavy (non-hydrogen) atoms. The number of nitrogens with zero attached hydrogens (tertiary/aromatic N) is 1. The van der Waals surface area contributed by atoms with Crippen molar-refractivity contribution in [1.29, 1.82) is 0 Å². The van der Waals surface area contributed by atoms with E-state index in [0.29, 0.717) is 17.2 Å². The lowest BCUT2D eigenvalue weighted by atomic mass is 10.1. The number of fused-ring (bicyclic) bond motifs is 1. The lowest BCUT2D eigenvalue weighted by molar-refractivity contribution is -0.127. The normalized spacial score (nSPS) is 15.1. The third-order valence-electron chi connectivity index (χ3n) is 5.68. The van der Waals surface area contributed by atoms with Gasteiger partial charge in [-0.15, -0.1) is 0 Å². The first-order chi connectivity index (χ1) is 16.8. The number of ether oxygens (including phenoxy) is 3. The van der Waals surface area contributed by atoms with Crippen molar-refractivity contribution < 1.29 is 27.4 Å². The van der Waals surface area contributed by atoms with E-state index in [1.54, 1.807) is 24.3 Å². The van der Waals surface area contributed by atoms with E-state index < -0.39 is 22.0 Å². The molecule has 3 aromatic carbocycles. The van der Waals surface area contributed by atoms with Crippen LogP contribution in [0, 0.1) is 13.8 Å². The molecule has 0 aromatic heterocycles. The number of rotatable bonds is 8. The number of aryl methyl sites for hydroxylation is 2. The summed E-state index contributed by atoms with van der Waals surface area (Å²) >= 11 is 0. The van der Waals surface area contributed by atoms with Crippen LogP contribution in [-0.2, 0) is 14.8 Å². The van der Waals surface area contributed by atoms with E-state index in [-0.39, 0.29) is 24.6 Å². The first-order valence-corrected chi connectivity index (χ1v) is 12.6. The topological polar surface area (TPSA) is 94.2 Å². The lowest BCUT2D eigenvalue weighted by Gasteiger charge is -2.35. The van der Waals surface area contributed by atoms with Crippen molar-refractivity contribution in [3.8, 4) is 17.2 Å². The van der Waals surface area contributed by atoms with Gasteiger partial charge < -0.3 is 19.5 Å². The molecule has 8 nitrogen and oxygen atoms in total. The van der Waals surface area contributed by atoms with Gasteiger partial charge in [-0.2, -0.15) is 0 Å². The highest BCUT2D eigenvalue weighted by atomic mass is 32.2. The van der Waals surface area contributed by atoms with Crippen molar-refractivity contribution in [3.63, 3.8) is 0 Å². The first-order valence-electron chi connectivity index (χ1n) is 11.2. The van der Waals surface area contributed by atoms with Gasteiger partial charge in [0.25, 0.3) is 15.9 Å². The number of para-hydroxylation sites is 1. The Labute approximate surface area is 205 Å². The highest BCUT2D eigenvalue weighted by molar-refractivity contribution is 7.92. The van der Waals surface area contributed by atoms with Crippen molar-refractivity contribution in [2.45, 2.75) is 24.8 Å². The molecule has 1 heterocycles. The molecular weight excluding hydrogens is 468 g/mol. The van der Waals surface area contributed by atoms with Gasteiger partial charge in [-0.1, -0.05) is 24.3 Å². The van der Waals surface area contributed by atoms with Gasteiger partial charge >= 0.3 is 0 Å². The highest BCUT2D eigenvalue weighted by Crippen LogP contribution is 2.38. The second-order valence-corrected chi connectivity index (χ2v) is 10.1. The molecule has 3 aromatic rings. The standard InChI is InChI=1S/C26H28N2O6S/c1-18-8-13-24-22(16-18)28(35(30,31)21-11-9-20(32-3)10-12-21)17-25(34-24)26(29)27-14-15-33-23-7-5-4-6-19(23)2/h4-13,16,25H,14-15,17H2,1-3H3,(H,27,29). The molecule has 9 heteroatoms. The van der Waals surface area contributed by atoms with Gasteiger partial charge in [-0.25, -0.2) is 8.42 Å². The van der Waals surface area contributed by atoms with E-state index in [4.69, 9.17) is 14.2 Å². The third-order valence-corrected chi connectivity index (χ3v) is 7.47. The maximum absolute atomic E-state index is 13.6. The Morgan fingerprint density at radius 2 is 1.83 bits per heavy atom. The van der Waals surface area contributed by atoms with Crippen LogP contribution in [0.25, 0.3) is 0 Å². The number of nitrogens with one attached hydrogen (secondary N) is 1. The highest BCUT2D eigenvalue weighted by Gasteiger charge is 2.37. The number of carbonyl (C=O) groups excluding carboxylic acids is 1. The smallest absolute Gasteiger partial charge is 0.264 e. The molecule has 0 radical (unpaired) electrons. The maximum atomic E-state index is 13.6. The van der Waals surface area contributed by atoms with Gasteiger partial charge in [-0.3, -0.25) is 9.10 Å². The lowest BCUT2D eigenvalue weighted by Crippen LogP contribution is -2.51. The molecule has 1 amide bonds. The van der Waals surface area contributed by atoms with Crippen molar-refractivity contribution in [1.82, 2.24) is 5.32 Å². The second kappa shape index (κ2) is 10.3. The zero-order valence-corrected chi connectivity index (χ0v) is 20.7. The minimum Gasteiger partial charge on any atom is -0.497 e. The summed E-state index contributed by atoms with van der Waals surface area (Å²) in [5.74, 6) is 1.21. The summed E-state index contributed by atoms with van der Waals surface area (Å²) in [6, 6.07) is 19.0. The molecule has 1 unspecified atom stereocenters. The van der Waals surface area contributed by atoms with Crippen LogP contribution in [-0.4, -0.2) is 47.2 Å². The largest absolute Gasteiger partial charge is 0.497 e. The molecule has 0 saturated carbocycles. The number of anilines is 1. The third kappa shape index (κ3) is 5.35. The molecule has 4 rings (SSSR count). The van der Waals surface area contributed by atoms with Gasteiger partial charge in [0, 0.05) is 0 Å². The minimum atomic E-state index is -3.96. The van der Waals surface area contributed by atoms with Crippen molar-refractivity contribution in [2.75, 3.05) is 31.1 Å². The average Bonchev–Trinajstić information content (AvgIpc) is 2.86. The van der Waals surface area contributed by atoms with E-state index in [0.717, 1.165) is 16.9 Å². The van der Waals surface area contributed by atoms with Crippen LogP contribution in [0.1, 0.15) is 11.1 Å². The molecule has 0 spiro atoms. The molecule has 1 atom stereocenters. The summed E-state index contributed by atoms with van der Waals surface area (Å²) < 4.78 is 45.1. The summed E-state index contributed by atoms with van der Waals surface area (Å²) in [6.45, 7) is 4.17. The molecule has 1 N–H and O–H groups in total. The SMILES string of the molecule is COc1ccc(S(=O)(=O)N2CC(C(=O)NCCOc3ccccc3C)Oc3ccc(C)cc32)cc1. The van der Waals surface area contributed by atoms with Crippen LogP contribution in [0.5, 0.6) is 17.2 Å². The second-order valence-electron chi connectivity index (χ2n) is 8.19.